The number of hydrogen-bond acceptors (Lipinski definition) is 4. The van der Waals surface area contributed by atoms with Crippen molar-refractivity contribution in [3.8, 4) is 11.1 Å². The van der Waals surface area contributed by atoms with E-state index in [-0.39, 0.29) is 11.7 Å². The Balaban J connectivity index is 1.58. The van der Waals surface area contributed by atoms with Gasteiger partial charge < -0.3 is 15.8 Å². The van der Waals surface area contributed by atoms with E-state index in [0.29, 0.717) is 18.8 Å². The van der Waals surface area contributed by atoms with Crippen molar-refractivity contribution < 1.29 is 9.53 Å². The zero-order chi connectivity index (χ0) is 39.4. The lowest BCUT2D eigenvalue weighted by atomic mass is 9.88. The first kappa shape index (κ1) is 41.2. The number of rotatable bonds is 21. The quantitative estimate of drug-likeness (QED) is 0.0296. The highest BCUT2D eigenvalue weighted by molar-refractivity contribution is 5.98. The van der Waals surface area contributed by atoms with Gasteiger partial charge >= 0.3 is 0 Å². The van der Waals surface area contributed by atoms with E-state index in [4.69, 9.17) is 10.5 Å². The molecule has 0 bridgehead atoms. The van der Waals surface area contributed by atoms with Gasteiger partial charge in [0, 0.05) is 40.2 Å². The number of carbonyl (C=O) groups excluding carboxylic acids is 1. The van der Waals surface area contributed by atoms with Crippen molar-refractivity contribution in [3.63, 3.8) is 0 Å². The molecular weight excluding hydrogens is 661 g/mol. The molecule has 0 spiro atoms. The van der Waals surface area contributed by atoms with Crippen LogP contribution in [0.5, 0.6) is 0 Å². The van der Waals surface area contributed by atoms with E-state index < -0.39 is 0 Å². The summed E-state index contributed by atoms with van der Waals surface area (Å²) in [5.41, 5.74) is 20.4. The number of unbranched alkanes of at least 4 members (excludes halogenated alkanes) is 1. The van der Waals surface area contributed by atoms with E-state index >= 15 is 0 Å². The van der Waals surface area contributed by atoms with Gasteiger partial charge in [0.15, 0.2) is 5.78 Å². The van der Waals surface area contributed by atoms with Gasteiger partial charge in [0.2, 0.25) is 0 Å². The van der Waals surface area contributed by atoms with Crippen LogP contribution in [-0.2, 0) is 11.2 Å². The molecule has 0 unspecified atom stereocenters. The van der Waals surface area contributed by atoms with Crippen LogP contribution in [0.4, 0.5) is 11.4 Å². The molecule has 0 aliphatic heterocycles. The molecule has 0 radical (unpaired) electrons. The summed E-state index contributed by atoms with van der Waals surface area (Å²) in [6, 6.07) is 28.9. The molecule has 0 atom stereocenters. The Bertz CT molecular complexity index is 2030. The fourth-order valence-electron chi connectivity index (χ4n) is 6.25. The number of benzene rings is 4. The van der Waals surface area contributed by atoms with Gasteiger partial charge in [-0.25, -0.2) is 0 Å². The summed E-state index contributed by atoms with van der Waals surface area (Å²) in [4.78, 5) is 13.4. The summed E-state index contributed by atoms with van der Waals surface area (Å²) in [6.45, 7) is 33.7. The Morgan fingerprint density at radius 1 is 0.667 bits per heavy atom. The second-order valence-corrected chi connectivity index (χ2v) is 14.7. The van der Waals surface area contributed by atoms with Crippen LogP contribution in [0.25, 0.3) is 22.6 Å². The molecule has 0 aliphatic rings. The number of nitrogens with one attached hydrogen (secondary N) is 1. The maximum atomic E-state index is 13.4. The summed E-state index contributed by atoms with van der Waals surface area (Å²) < 4.78 is 6.19. The molecule has 0 saturated heterocycles. The van der Waals surface area contributed by atoms with Crippen molar-refractivity contribution >= 4 is 28.6 Å². The molecule has 4 nitrogen and oxygen atoms in total. The predicted octanol–water partition coefficient (Wildman–Crippen LogP) is 13.5. The van der Waals surface area contributed by atoms with Gasteiger partial charge in [-0.2, -0.15) is 0 Å². The minimum atomic E-state index is 0.180. The van der Waals surface area contributed by atoms with E-state index in [0.717, 1.165) is 111 Å². The molecule has 280 valence electrons. The molecule has 0 aliphatic carbocycles. The van der Waals surface area contributed by atoms with Crippen LogP contribution in [0.15, 0.2) is 147 Å². The fourth-order valence-corrected chi connectivity index (χ4v) is 6.25. The lowest BCUT2D eigenvalue weighted by Gasteiger charge is -2.19. The largest absolute Gasteiger partial charge is 0.494 e. The van der Waals surface area contributed by atoms with E-state index in [2.05, 4.69) is 125 Å². The van der Waals surface area contributed by atoms with E-state index in [1.165, 1.54) is 11.1 Å². The summed E-state index contributed by atoms with van der Waals surface area (Å²) in [7, 11) is 0. The topological polar surface area (TPSA) is 64.3 Å². The van der Waals surface area contributed by atoms with Crippen molar-refractivity contribution in [3.05, 3.63) is 180 Å². The van der Waals surface area contributed by atoms with Crippen LogP contribution in [0.2, 0.25) is 0 Å². The second-order valence-electron chi connectivity index (χ2n) is 14.7. The molecule has 0 amide bonds. The van der Waals surface area contributed by atoms with Crippen molar-refractivity contribution in [2.75, 3.05) is 17.7 Å². The van der Waals surface area contributed by atoms with E-state index in [1.807, 2.05) is 32.0 Å². The normalized spacial score (nSPS) is 10.8. The molecule has 4 aromatic rings. The van der Waals surface area contributed by atoms with Crippen LogP contribution in [0.3, 0.4) is 0 Å². The van der Waals surface area contributed by atoms with Crippen molar-refractivity contribution in [1.82, 2.24) is 0 Å². The predicted molar refractivity (Wildman–Crippen MR) is 234 cm³/mol. The summed E-state index contributed by atoms with van der Waals surface area (Å²) in [5.74, 6) is 0.939. The minimum absolute atomic E-state index is 0.180. The molecule has 4 aromatic carbocycles. The van der Waals surface area contributed by atoms with Gasteiger partial charge in [-0.3, -0.25) is 4.79 Å². The second kappa shape index (κ2) is 19.5. The van der Waals surface area contributed by atoms with Crippen LogP contribution in [0, 0.1) is 0 Å². The Labute approximate surface area is 324 Å². The Hall–Kier alpha value is -5.61. The van der Waals surface area contributed by atoms with Gasteiger partial charge in [-0.15, -0.1) is 0 Å². The zero-order valence-electron chi connectivity index (χ0n) is 33.0. The molecule has 0 aromatic heterocycles. The first-order chi connectivity index (χ1) is 25.7. The Morgan fingerprint density at radius 3 is 1.80 bits per heavy atom. The molecule has 0 fully saturated rings. The number of anilines is 2. The summed E-state index contributed by atoms with van der Waals surface area (Å²) in [6.07, 6.45) is 5.58. The third kappa shape index (κ3) is 11.7. The first-order valence-corrected chi connectivity index (χ1v) is 18.9. The lowest BCUT2D eigenvalue weighted by Crippen LogP contribution is -2.06. The maximum absolute atomic E-state index is 13.4. The number of nitrogens with two attached hydrogens (primary N) is 1. The monoisotopic (exact) mass is 718 g/mol. The molecular formula is C50H58N2O2. The van der Waals surface area contributed by atoms with Crippen LogP contribution in [-0.4, -0.2) is 12.4 Å². The number of carbonyl (C=O) groups is 1. The van der Waals surface area contributed by atoms with E-state index in [9.17, 15) is 4.79 Å². The third-order valence-electron chi connectivity index (χ3n) is 9.83. The Kier molecular flexibility index (Phi) is 14.8. The van der Waals surface area contributed by atoms with Crippen LogP contribution >= 0.6 is 0 Å². The molecule has 4 heteroatoms. The number of allylic oxidation sites excluding steroid dienone is 4. The first-order valence-electron chi connectivity index (χ1n) is 18.9. The SMILES string of the molecule is C=C(C)C(=C)CCCCC(=O)c1ccc(-c2ccc(C(=C)OCCCC(=C)C(=C)C)c(C(=C)Nc3ccc(Cc4ccc(N)cc4)cc3)c2)cc1C(C)C. The van der Waals surface area contributed by atoms with Crippen molar-refractivity contribution in [2.24, 2.45) is 0 Å². The number of ketones is 1. The van der Waals surface area contributed by atoms with Gasteiger partial charge in [0.05, 0.1) is 6.61 Å². The Morgan fingerprint density at radius 2 is 1.20 bits per heavy atom. The highest BCUT2D eigenvalue weighted by Gasteiger charge is 2.18. The smallest absolute Gasteiger partial charge is 0.163 e. The van der Waals surface area contributed by atoms with Crippen molar-refractivity contribution in [1.29, 1.82) is 0 Å². The minimum Gasteiger partial charge on any atom is -0.494 e. The van der Waals surface area contributed by atoms with Crippen molar-refractivity contribution in [2.45, 2.75) is 78.6 Å². The average Bonchev–Trinajstić information content (AvgIpc) is 3.15. The number of Topliss-reactive ketones (excluding diaryl/α,β-unsaturated/α-hetero) is 1. The van der Waals surface area contributed by atoms with Gasteiger partial charge in [-0.1, -0.05) is 124 Å². The number of nitrogen functional groups attached to an aromatic ring is 1. The molecule has 3 N–H and O–H groups in total. The molecule has 0 saturated carbocycles. The maximum Gasteiger partial charge on any atom is 0.163 e. The van der Waals surface area contributed by atoms with Gasteiger partial charge in [0.1, 0.15) is 5.76 Å². The summed E-state index contributed by atoms with van der Waals surface area (Å²) >= 11 is 0. The zero-order valence-corrected chi connectivity index (χ0v) is 33.0. The summed E-state index contributed by atoms with van der Waals surface area (Å²) in [5, 5.41) is 3.53. The highest BCUT2D eigenvalue weighted by atomic mass is 16.5. The number of hydrogen-bond donors (Lipinski definition) is 2. The van der Waals surface area contributed by atoms with Gasteiger partial charge in [0.25, 0.3) is 0 Å². The van der Waals surface area contributed by atoms with E-state index in [1.54, 1.807) is 0 Å². The standard InChI is InChI=1S/C50H58N2O2/c1-33(2)36(7)14-11-12-16-50(53)47-28-22-42(31-48(47)35(5)6)43-21-27-46(39(10)54-29-13-15-37(8)34(3)4)49(32-43)38(9)52-45-25-19-41(20-26-45)30-40-17-23-44(51)24-18-40/h17-28,31-32,35,52H,1,3,7-16,29-30,51H2,2,4-6H3. The molecule has 4 rings (SSSR count). The molecule has 54 heavy (non-hydrogen) atoms. The highest BCUT2D eigenvalue weighted by Crippen LogP contribution is 2.34. The van der Waals surface area contributed by atoms with Crippen LogP contribution < -0.4 is 11.1 Å². The third-order valence-corrected chi connectivity index (χ3v) is 9.83. The fraction of sp³-hybridized carbons (Fsp3) is 0.260. The van der Waals surface area contributed by atoms with Gasteiger partial charge in [-0.05, 0) is 123 Å². The number of ether oxygens (including phenoxy) is 1. The van der Waals surface area contributed by atoms with Crippen LogP contribution in [0.1, 0.15) is 110 Å². The molecule has 0 heterocycles. The lowest BCUT2D eigenvalue weighted by molar-refractivity contribution is 0.0978. The average molecular weight is 719 g/mol.